The van der Waals surface area contributed by atoms with Crippen molar-refractivity contribution in [3.63, 3.8) is 0 Å². The molecular formula is C3H8Cl2N2. The van der Waals surface area contributed by atoms with Gasteiger partial charge in [0.1, 0.15) is 0 Å². The molecule has 44 valence electrons. The minimum atomic E-state index is -0.944. The van der Waals surface area contributed by atoms with Gasteiger partial charge in [-0.2, -0.15) is 0 Å². The van der Waals surface area contributed by atoms with Crippen LogP contribution in [0.3, 0.4) is 0 Å². The molecule has 4 heteroatoms. The number of hydrogen-bond donors (Lipinski definition) is 2. The van der Waals surface area contributed by atoms with Crippen LogP contribution in [0.2, 0.25) is 0 Å². The van der Waals surface area contributed by atoms with E-state index >= 15 is 0 Å². The fourth-order valence-corrected chi connectivity index (χ4v) is 0.102. The molecule has 0 aromatic carbocycles. The minimum absolute atomic E-state index is 0.215. The smallest absolute Gasteiger partial charge is 0.180 e. The zero-order chi connectivity index (χ0) is 5.91. The van der Waals surface area contributed by atoms with Gasteiger partial charge in [-0.1, -0.05) is 23.2 Å². The van der Waals surface area contributed by atoms with Crippen molar-refractivity contribution in [1.29, 1.82) is 0 Å². The van der Waals surface area contributed by atoms with Crippen LogP contribution in [0, 0.1) is 0 Å². The van der Waals surface area contributed by atoms with Crippen LogP contribution in [0.4, 0.5) is 0 Å². The quantitative estimate of drug-likeness (QED) is 0.430. The number of rotatable bonds is 2. The molecule has 0 radical (unpaired) electrons. The van der Waals surface area contributed by atoms with Crippen LogP contribution >= 0.6 is 23.2 Å². The van der Waals surface area contributed by atoms with E-state index < -0.39 is 4.46 Å². The first-order chi connectivity index (χ1) is 3.12. The summed E-state index contributed by atoms with van der Waals surface area (Å²) in [6, 6.07) is 0. The summed E-state index contributed by atoms with van der Waals surface area (Å²) in [6.07, 6.45) is 0. The summed E-state index contributed by atoms with van der Waals surface area (Å²) >= 11 is 10.9. The van der Waals surface area contributed by atoms with Crippen LogP contribution in [0.5, 0.6) is 0 Å². The standard InChI is InChI=1S/C3H8Cl2N2/c1-7-3(4,5)2-6/h7H,2,6H2,1H3. The molecule has 7 heavy (non-hydrogen) atoms. The average molecular weight is 143 g/mol. The first kappa shape index (κ1) is 7.50. The van der Waals surface area contributed by atoms with E-state index in [1.807, 2.05) is 0 Å². The second-order valence-electron chi connectivity index (χ2n) is 1.16. The van der Waals surface area contributed by atoms with Gasteiger partial charge in [-0.05, 0) is 7.05 Å². The van der Waals surface area contributed by atoms with Crippen molar-refractivity contribution in [3.8, 4) is 0 Å². The molecule has 0 saturated carbocycles. The monoisotopic (exact) mass is 142 g/mol. The summed E-state index contributed by atoms with van der Waals surface area (Å²) in [4.78, 5) is 0. The molecule has 0 aliphatic heterocycles. The van der Waals surface area contributed by atoms with Gasteiger partial charge in [0.05, 0.1) is 0 Å². The van der Waals surface area contributed by atoms with E-state index in [1.54, 1.807) is 7.05 Å². The van der Waals surface area contributed by atoms with Gasteiger partial charge in [-0.3, -0.25) is 5.32 Å². The lowest BCUT2D eigenvalue weighted by atomic mass is 10.6. The van der Waals surface area contributed by atoms with Crippen molar-refractivity contribution in [3.05, 3.63) is 0 Å². The summed E-state index contributed by atoms with van der Waals surface area (Å²) in [5.74, 6) is 0. The predicted molar refractivity (Wildman–Crippen MR) is 32.6 cm³/mol. The molecule has 0 bridgehead atoms. The molecule has 0 rings (SSSR count). The Morgan fingerprint density at radius 1 is 1.71 bits per heavy atom. The lowest BCUT2D eigenvalue weighted by Gasteiger charge is -2.13. The summed E-state index contributed by atoms with van der Waals surface area (Å²) in [7, 11) is 1.65. The van der Waals surface area contributed by atoms with Gasteiger partial charge < -0.3 is 5.73 Å². The van der Waals surface area contributed by atoms with E-state index in [0.717, 1.165) is 0 Å². The maximum atomic E-state index is 5.43. The van der Waals surface area contributed by atoms with Crippen molar-refractivity contribution in [2.24, 2.45) is 5.73 Å². The Morgan fingerprint density at radius 2 is 2.14 bits per heavy atom. The molecule has 0 aromatic rings. The summed E-state index contributed by atoms with van der Waals surface area (Å²) < 4.78 is -0.944. The second-order valence-corrected chi connectivity index (χ2v) is 2.64. The maximum Gasteiger partial charge on any atom is 0.180 e. The molecule has 0 amide bonds. The van der Waals surface area contributed by atoms with Gasteiger partial charge in [0.15, 0.2) is 4.46 Å². The Hall–Kier alpha value is 0.500. The summed E-state index contributed by atoms with van der Waals surface area (Å²) in [5.41, 5.74) is 5.09. The highest BCUT2D eigenvalue weighted by molar-refractivity contribution is 6.48. The number of nitrogens with one attached hydrogen (secondary N) is 1. The van der Waals surface area contributed by atoms with Crippen LogP contribution < -0.4 is 11.1 Å². The molecule has 0 atom stereocenters. The van der Waals surface area contributed by atoms with Crippen molar-refractivity contribution in [2.75, 3.05) is 13.6 Å². The molecule has 0 saturated heterocycles. The van der Waals surface area contributed by atoms with Gasteiger partial charge in [-0.25, -0.2) is 0 Å². The number of hydrogen-bond acceptors (Lipinski definition) is 2. The van der Waals surface area contributed by atoms with Gasteiger partial charge in [0.2, 0.25) is 0 Å². The van der Waals surface area contributed by atoms with Crippen molar-refractivity contribution >= 4 is 23.2 Å². The summed E-state index contributed by atoms with van der Waals surface area (Å²) in [5, 5.41) is 2.60. The Kier molecular flexibility index (Phi) is 2.92. The fraction of sp³-hybridized carbons (Fsp3) is 1.00. The SMILES string of the molecule is CNC(Cl)(Cl)CN. The second kappa shape index (κ2) is 2.72. The average Bonchev–Trinajstić information content (AvgIpc) is 1.68. The number of likely N-dealkylation sites (N-methyl/N-ethyl adjacent to an activating group) is 1. The number of halogens is 2. The Bertz CT molecular complexity index is 48.9. The largest absolute Gasteiger partial charge is 0.327 e. The number of nitrogens with two attached hydrogens (primary N) is 1. The third kappa shape index (κ3) is 3.12. The Balaban J connectivity index is 3.36. The van der Waals surface area contributed by atoms with Crippen LogP contribution in [0.15, 0.2) is 0 Å². The molecule has 0 aliphatic carbocycles. The Labute approximate surface area is 53.0 Å². The number of alkyl halides is 2. The molecule has 0 unspecified atom stereocenters. The summed E-state index contributed by atoms with van der Waals surface area (Å²) in [6.45, 7) is 0.215. The molecule has 2 nitrogen and oxygen atoms in total. The van der Waals surface area contributed by atoms with Gasteiger partial charge >= 0.3 is 0 Å². The zero-order valence-electron chi connectivity index (χ0n) is 4.04. The van der Waals surface area contributed by atoms with Crippen LogP contribution in [-0.2, 0) is 0 Å². The van der Waals surface area contributed by atoms with E-state index in [2.05, 4.69) is 5.32 Å². The predicted octanol–water partition coefficient (Wildman–Crippen LogP) is 0.296. The normalized spacial score (nSPS) is 12.0. The van der Waals surface area contributed by atoms with Gasteiger partial charge in [-0.15, -0.1) is 0 Å². The molecule has 0 aromatic heterocycles. The first-order valence-corrected chi connectivity index (χ1v) is 2.65. The fourth-order valence-electron chi connectivity index (χ4n) is 0.102. The topological polar surface area (TPSA) is 38.0 Å². The van der Waals surface area contributed by atoms with Gasteiger partial charge in [0, 0.05) is 6.54 Å². The molecule has 3 N–H and O–H groups in total. The van der Waals surface area contributed by atoms with E-state index in [9.17, 15) is 0 Å². The lowest BCUT2D eigenvalue weighted by molar-refractivity contribution is 0.674. The maximum absolute atomic E-state index is 5.43. The molecule has 0 fully saturated rings. The molecular weight excluding hydrogens is 135 g/mol. The highest BCUT2D eigenvalue weighted by Gasteiger charge is 2.16. The van der Waals surface area contributed by atoms with Crippen molar-refractivity contribution in [1.82, 2.24) is 5.32 Å². The zero-order valence-corrected chi connectivity index (χ0v) is 5.55. The van der Waals surface area contributed by atoms with E-state index in [-0.39, 0.29) is 6.54 Å². The highest BCUT2D eigenvalue weighted by atomic mass is 35.5. The third-order valence-corrected chi connectivity index (χ3v) is 1.31. The Morgan fingerprint density at radius 3 is 2.14 bits per heavy atom. The van der Waals surface area contributed by atoms with Crippen LogP contribution in [0.1, 0.15) is 0 Å². The van der Waals surface area contributed by atoms with Crippen LogP contribution in [0.25, 0.3) is 0 Å². The molecule has 0 spiro atoms. The first-order valence-electron chi connectivity index (χ1n) is 1.89. The lowest BCUT2D eigenvalue weighted by Crippen LogP contribution is -2.38. The molecule has 0 aliphatic rings. The van der Waals surface area contributed by atoms with Gasteiger partial charge in [0.25, 0.3) is 0 Å². The van der Waals surface area contributed by atoms with Crippen LogP contribution in [-0.4, -0.2) is 18.0 Å². The van der Waals surface area contributed by atoms with E-state index in [4.69, 9.17) is 28.9 Å². The highest BCUT2D eigenvalue weighted by Crippen LogP contribution is 2.12. The van der Waals surface area contributed by atoms with Crippen molar-refractivity contribution in [2.45, 2.75) is 4.46 Å². The van der Waals surface area contributed by atoms with Crippen molar-refractivity contribution < 1.29 is 0 Å². The van der Waals surface area contributed by atoms with E-state index in [0.29, 0.717) is 0 Å². The van der Waals surface area contributed by atoms with E-state index in [1.165, 1.54) is 0 Å². The molecule has 0 heterocycles. The minimum Gasteiger partial charge on any atom is -0.327 e. The third-order valence-electron chi connectivity index (χ3n) is 0.622.